The van der Waals surface area contributed by atoms with E-state index in [4.69, 9.17) is 0 Å². The molecule has 0 atom stereocenters. The molecule has 1 heterocycles. The van der Waals surface area contributed by atoms with E-state index in [9.17, 15) is 4.39 Å². The van der Waals surface area contributed by atoms with Gasteiger partial charge in [0.2, 0.25) is 0 Å². The zero-order valence-corrected chi connectivity index (χ0v) is 11.9. The molecule has 1 N–H and O–H groups in total. The molecule has 0 radical (unpaired) electrons. The Bertz CT molecular complexity index is 537. The lowest BCUT2D eigenvalue weighted by molar-refractivity contribution is 0.527. The summed E-state index contributed by atoms with van der Waals surface area (Å²) in [5.74, 6) is -0.263. The second kappa shape index (κ2) is 5.52. The van der Waals surface area contributed by atoms with Gasteiger partial charge < -0.3 is 5.32 Å². The van der Waals surface area contributed by atoms with E-state index in [0.29, 0.717) is 18.3 Å². The molecule has 0 aliphatic rings. The van der Waals surface area contributed by atoms with Crippen molar-refractivity contribution in [2.24, 2.45) is 0 Å². The van der Waals surface area contributed by atoms with E-state index in [1.54, 1.807) is 12.1 Å². The van der Waals surface area contributed by atoms with Gasteiger partial charge in [0.05, 0.1) is 17.9 Å². The summed E-state index contributed by atoms with van der Waals surface area (Å²) >= 11 is 3.32. The summed E-state index contributed by atoms with van der Waals surface area (Å²) in [4.78, 5) is 0. The van der Waals surface area contributed by atoms with Crippen molar-refractivity contribution in [1.82, 2.24) is 9.78 Å². The summed E-state index contributed by atoms with van der Waals surface area (Å²) in [6, 6.07) is 7.09. The van der Waals surface area contributed by atoms with Crippen LogP contribution in [0.1, 0.15) is 25.6 Å². The van der Waals surface area contributed by atoms with Gasteiger partial charge in [0.15, 0.2) is 0 Å². The van der Waals surface area contributed by atoms with E-state index < -0.39 is 0 Å². The van der Waals surface area contributed by atoms with E-state index in [1.165, 1.54) is 6.07 Å². The molecule has 18 heavy (non-hydrogen) atoms. The van der Waals surface area contributed by atoms with Gasteiger partial charge >= 0.3 is 0 Å². The molecule has 1 aromatic carbocycles. The molecule has 5 heteroatoms. The predicted molar refractivity (Wildman–Crippen MR) is 74.0 cm³/mol. The third kappa shape index (κ3) is 3.10. The molecule has 1 aromatic heterocycles. The second-order valence-electron chi connectivity index (χ2n) is 4.36. The molecular formula is C13H15BrFN3. The Kier molecular flexibility index (Phi) is 4.01. The summed E-state index contributed by atoms with van der Waals surface area (Å²) in [6.45, 7) is 4.64. The van der Waals surface area contributed by atoms with Crippen molar-refractivity contribution in [2.75, 3.05) is 5.32 Å². The first kappa shape index (κ1) is 13.1. The van der Waals surface area contributed by atoms with Crippen LogP contribution >= 0.6 is 15.9 Å². The number of rotatable bonds is 4. The van der Waals surface area contributed by atoms with Crippen molar-refractivity contribution in [3.8, 4) is 0 Å². The Hall–Kier alpha value is -1.36. The lowest BCUT2D eigenvalue weighted by atomic mass is 10.3. The lowest BCUT2D eigenvalue weighted by Gasteiger charge is -2.07. The van der Waals surface area contributed by atoms with Crippen molar-refractivity contribution >= 4 is 21.6 Å². The summed E-state index contributed by atoms with van der Waals surface area (Å²) < 4.78 is 16.2. The Morgan fingerprint density at radius 3 is 2.83 bits per heavy atom. The summed E-state index contributed by atoms with van der Waals surface area (Å²) in [7, 11) is 0. The molecule has 2 aromatic rings. The fourth-order valence-corrected chi connectivity index (χ4v) is 1.94. The van der Waals surface area contributed by atoms with Crippen molar-refractivity contribution in [3.63, 3.8) is 0 Å². The van der Waals surface area contributed by atoms with Crippen LogP contribution in [0.3, 0.4) is 0 Å². The van der Waals surface area contributed by atoms with Gasteiger partial charge in [-0.15, -0.1) is 0 Å². The maximum atomic E-state index is 13.5. The normalized spacial score (nSPS) is 10.9. The number of anilines is 1. The summed E-state index contributed by atoms with van der Waals surface area (Å²) in [5.41, 5.74) is 1.37. The van der Waals surface area contributed by atoms with Crippen LogP contribution in [0.15, 0.2) is 34.9 Å². The van der Waals surface area contributed by atoms with E-state index in [-0.39, 0.29) is 5.82 Å². The topological polar surface area (TPSA) is 29.9 Å². The molecule has 96 valence electrons. The molecule has 0 amide bonds. The highest BCUT2D eigenvalue weighted by atomic mass is 79.9. The molecule has 0 bridgehead atoms. The number of nitrogens with one attached hydrogen (secondary N) is 1. The van der Waals surface area contributed by atoms with Crippen molar-refractivity contribution in [3.05, 3.63) is 46.4 Å². The van der Waals surface area contributed by atoms with Crippen LogP contribution in [-0.4, -0.2) is 9.78 Å². The van der Waals surface area contributed by atoms with Gasteiger partial charge in [0.25, 0.3) is 0 Å². The van der Waals surface area contributed by atoms with Crippen molar-refractivity contribution < 1.29 is 4.39 Å². The van der Waals surface area contributed by atoms with Gasteiger partial charge in [0, 0.05) is 16.7 Å². The number of benzene rings is 1. The molecule has 0 saturated heterocycles. The zero-order valence-electron chi connectivity index (χ0n) is 10.3. The number of hydrogen-bond acceptors (Lipinski definition) is 2. The molecule has 3 nitrogen and oxygen atoms in total. The molecule has 0 fully saturated rings. The smallest absolute Gasteiger partial charge is 0.146 e. The maximum Gasteiger partial charge on any atom is 0.146 e. The molecule has 0 aliphatic heterocycles. The van der Waals surface area contributed by atoms with Crippen molar-refractivity contribution in [2.45, 2.75) is 26.4 Å². The Morgan fingerprint density at radius 2 is 2.17 bits per heavy atom. The minimum Gasteiger partial charge on any atom is -0.377 e. The standard InChI is InChI=1S/C13H15BrFN3/c1-9(2)18-6-5-11(17-18)8-16-13-7-10(14)3-4-12(13)15/h3-7,9,16H,8H2,1-2H3. The van der Waals surface area contributed by atoms with Crippen LogP contribution in [0.25, 0.3) is 0 Å². The molecule has 0 spiro atoms. The molecule has 0 saturated carbocycles. The highest BCUT2D eigenvalue weighted by molar-refractivity contribution is 9.10. The SMILES string of the molecule is CC(C)n1ccc(CNc2cc(Br)ccc2F)n1. The third-order valence-electron chi connectivity index (χ3n) is 2.58. The van der Waals surface area contributed by atoms with Gasteiger partial charge in [0.1, 0.15) is 5.82 Å². The molecule has 0 aliphatic carbocycles. The third-order valence-corrected chi connectivity index (χ3v) is 3.07. The average molecular weight is 312 g/mol. The van der Waals surface area contributed by atoms with Crippen molar-refractivity contribution in [1.29, 1.82) is 0 Å². The monoisotopic (exact) mass is 311 g/mol. The summed E-state index contributed by atoms with van der Waals surface area (Å²) in [5, 5.41) is 7.44. The molecule has 0 unspecified atom stereocenters. The van der Waals surface area contributed by atoms with Crippen LogP contribution in [0.4, 0.5) is 10.1 Å². The fraction of sp³-hybridized carbons (Fsp3) is 0.308. The highest BCUT2D eigenvalue weighted by Crippen LogP contribution is 2.20. The number of halogens is 2. The Labute approximate surface area is 114 Å². The van der Waals surface area contributed by atoms with Crippen LogP contribution in [-0.2, 0) is 6.54 Å². The first-order valence-corrected chi connectivity index (χ1v) is 6.58. The van der Waals surface area contributed by atoms with Crippen LogP contribution < -0.4 is 5.32 Å². The van der Waals surface area contributed by atoms with Gasteiger partial charge in [-0.1, -0.05) is 15.9 Å². The Balaban J connectivity index is 2.04. The fourth-order valence-electron chi connectivity index (χ4n) is 1.58. The number of hydrogen-bond donors (Lipinski definition) is 1. The van der Waals surface area contributed by atoms with Crippen LogP contribution in [0.5, 0.6) is 0 Å². The zero-order chi connectivity index (χ0) is 13.1. The first-order valence-electron chi connectivity index (χ1n) is 5.79. The van der Waals surface area contributed by atoms with Gasteiger partial charge in [-0.05, 0) is 38.1 Å². The van der Waals surface area contributed by atoms with E-state index in [2.05, 4.69) is 40.2 Å². The second-order valence-corrected chi connectivity index (χ2v) is 5.27. The molecular weight excluding hydrogens is 297 g/mol. The average Bonchev–Trinajstić information content (AvgIpc) is 2.79. The molecule has 2 rings (SSSR count). The highest BCUT2D eigenvalue weighted by Gasteiger charge is 2.05. The number of nitrogens with zero attached hydrogens (tertiary/aromatic N) is 2. The Morgan fingerprint density at radius 1 is 1.39 bits per heavy atom. The van der Waals surface area contributed by atoms with E-state index >= 15 is 0 Å². The largest absolute Gasteiger partial charge is 0.377 e. The number of aromatic nitrogens is 2. The van der Waals surface area contributed by atoms with E-state index in [1.807, 2.05) is 16.9 Å². The summed E-state index contributed by atoms with van der Waals surface area (Å²) in [6.07, 6.45) is 1.93. The van der Waals surface area contributed by atoms with E-state index in [0.717, 1.165) is 10.2 Å². The minimum atomic E-state index is -0.263. The predicted octanol–water partition coefficient (Wildman–Crippen LogP) is 3.98. The van der Waals surface area contributed by atoms with Crippen LogP contribution in [0.2, 0.25) is 0 Å². The van der Waals surface area contributed by atoms with Crippen LogP contribution in [0, 0.1) is 5.82 Å². The first-order chi connectivity index (χ1) is 8.56. The minimum absolute atomic E-state index is 0.263. The lowest BCUT2D eigenvalue weighted by Crippen LogP contribution is -2.05. The van der Waals surface area contributed by atoms with Gasteiger partial charge in [-0.3, -0.25) is 4.68 Å². The van der Waals surface area contributed by atoms with Gasteiger partial charge in [-0.25, -0.2) is 4.39 Å². The quantitative estimate of drug-likeness (QED) is 0.925. The van der Waals surface area contributed by atoms with Gasteiger partial charge in [-0.2, -0.15) is 5.10 Å². The maximum absolute atomic E-state index is 13.5.